The monoisotopic (exact) mass is 393 g/mol. The van der Waals surface area contributed by atoms with E-state index in [2.05, 4.69) is 25.8 Å². The fraction of sp³-hybridized carbons (Fsp3) is 0.286. The third-order valence-corrected chi connectivity index (χ3v) is 5.06. The van der Waals surface area contributed by atoms with Gasteiger partial charge in [-0.3, -0.25) is 4.79 Å². The number of anilines is 3. The molecule has 1 aliphatic rings. The Balaban J connectivity index is 1.31. The molecule has 0 radical (unpaired) electrons. The topological polar surface area (TPSA) is 99.5 Å². The molecular formula is C21H23N5O3. The zero-order valence-corrected chi connectivity index (χ0v) is 16.1. The standard InChI is InChI=1S/C21H23N5O3/c1-22-20(28)24-16-8-6-15(7-9-16)23-19(27)14-10-12-26(13-11-14)21-25-17-4-2-3-5-18(17)29-21/h2-9,14H,10-13H2,1H3,(H,23,27)(H2,22,24,28). The third-order valence-electron chi connectivity index (χ3n) is 5.06. The second-order valence-electron chi connectivity index (χ2n) is 7.00. The lowest BCUT2D eigenvalue weighted by molar-refractivity contribution is -0.120. The number of oxazole rings is 1. The number of piperidine rings is 1. The van der Waals surface area contributed by atoms with Crippen molar-refractivity contribution in [3.8, 4) is 0 Å². The first-order chi connectivity index (χ1) is 14.1. The van der Waals surface area contributed by atoms with Crippen molar-refractivity contribution >= 4 is 40.4 Å². The van der Waals surface area contributed by atoms with Crippen molar-refractivity contribution in [2.45, 2.75) is 12.8 Å². The van der Waals surface area contributed by atoms with Crippen molar-refractivity contribution in [3.63, 3.8) is 0 Å². The van der Waals surface area contributed by atoms with Gasteiger partial charge in [0.2, 0.25) is 5.91 Å². The van der Waals surface area contributed by atoms with Crippen molar-refractivity contribution in [3.05, 3.63) is 48.5 Å². The highest BCUT2D eigenvalue weighted by molar-refractivity contribution is 5.93. The molecule has 1 aromatic heterocycles. The number of benzene rings is 2. The fourth-order valence-corrected chi connectivity index (χ4v) is 3.40. The summed E-state index contributed by atoms with van der Waals surface area (Å²) >= 11 is 0. The number of fused-ring (bicyclic) bond motifs is 1. The van der Waals surface area contributed by atoms with Crippen LogP contribution in [-0.4, -0.2) is 37.1 Å². The summed E-state index contributed by atoms with van der Waals surface area (Å²) in [6.07, 6.45) is 1.47. The molecule has 3 amide bonds. The maximum absolute atomic E-state index is 12.6. The summed E-state index contributed by atoms with van der Waals surface area (Å²) in [5, 5.41) is 8.13. The largest absolute Gasteiger partial charge is 0.423 e. The van der Waals surface area contributed by atoms with Crippen molar-refractivity contribution in [2.24, 2.45) is 5.92 Å². The van der Waals surface area contributed by atoms with E-state index < -0.39 is 0 Å². The molecule has 0 spiro atoms. The summed E-state index contributed by atoms with van der Waals surface area (Å²) in [7, 11) is 1.56. The Morgan fingerprint density at radius 2 is 1.66 bits per heavy atom. The minimum atomic E-state index is -0.285. The van der Waals surface area contributed by atoms with Gasteiger partial charge in [-0.05, 0) is 49.2 Å². The molecule has 150 valence electrons. The minimum Gasteiger partial charge on any atom is -0.423 e. The van der Waals surface area contributed by atoms with Crippen LogP contribution in [0.5, 0.6) is 0 Å². The predicted octanol–water partition coefficient (Wildman–Crippen LogP) is 3.43. The van der Waals surface area contributed by atoms with Gasteiger partial charge in [-0.1, -0.05) is 12.1 Å². The molecular weight excluding hydrogens is 370 g/mol. The Hall–Kier alpha value is -3.55. The minimum absolute atomic E-state index is 0.00854. The van der Waals surface area contributed by atoms with Crippen LogP contribution in [0.15, 0.2) is 52.9 Å². The third kappa shape index (κ3) is 4.31. The highest BCUT2D eigenvalue weighted by atomic mass is 16.4. The summed E-state index contributed by atoms with van der Waals surface area (Å²) in [4.78, 5) is 30.6. The van der Waals surface area contributed by atoms with Gasteiger partial charge in [0.05, 0.1) is 0 Å². The molecule has 29 heavy (non-hydrogen) atoms. The molecule has 1 fully saturated rings. The molecule has 1 saturated heterocycles. The van der Waals surface area contributed by atoms with Gasteiger partial charge in [0.1, 0.15) is 5.52 Å². The van der Waals surface area contributed by atoms with Crippen molar-refractivity contribution < 1.29 is 14.0 Å². The first-order valence-corrected chi connectivity index (χ1v) is 9.62. The number of hydrogen-bond acceptors (Lipinski definition) is 5. The number of amides is 3. The summed E-state index contributed by atoms with van der Waals surface area (Å²) in [5.41, 5.74) is 2.99. The Kier molecular flexibility index (Phi) is 5.33. The highest BCUT2D eigenvalue weighted by Gasteiger charge is 2.27. The Labute approximate surface area is 168 Å². The molecule has 0 bridgehead atoms. The number of nitrogens with zero attached hydrogens (tertiary/aromatic N) is 2. The quantitative estimate of drug-likeness (QED) is 0.631. The molecule has 3 N–H and O–H groups in total. The summed E-state index contributed by atoms with van der Waals surface area (Å²) in [6.45, 7) is 1.44. The predicted molar refractivity (Wildman–Crippen MR) is 112 cm³/mol. The van der Waals surface area contributed by atoms with Gasteiger partial charge in [0, 0.05) is 37.4 Å². The molecule has 0 aliphatic carbocycles. The molecule has 1 aliphatic heterocycles. The van der Waals surface area contributed by atoms with E-state index in [0.29, 0.717) is 17.4 Å². The van der Waals surface area contributed by atoms with Crippen molar-refractivity contribution in [1.29, 1.82) is 0 Å². The maximum Gasteiger partial charge on any atom is 0.318 e. The van der Waals surface area contributed by atoms with Gasteiger partial charge < -0.3 is 25.3 Å². The smallest absolute Gasteiger partial charge is 0.318 e. The summed E-state index contributed by atoms with van der Waals surface area (Å²) in [6, 6.07) is 15.1. The van der Waals surface area contributed by atoms with E-state index in [0.717, 1.165) is 37.0 Å². The number of carbonyl (C=O) groups is 2. The van der Waals surface area contributed by atoms with Gasteiger partial charge >= 0.3 is 6.03 Å². The average Bonchev–Trinajstić information content (AvgIpc) is 3.19. The normalized spacial score (nSPS) is 14.6. The van der Waals surface area contributed by atoms with Gasteiger partial charge in [-0.15, -0.1) is 0 Å². The highest BCUT2D eigenvalue weighted by Crippen LogP contribution is 2.27. The SMILES string of the molecule is CNC(=O)Nc1ccc(NC(=O)C2CCN(c3nc4ccccc4o3)CC2)cc1. The Bertz CT molecular complexity index is 974. The Morgan fingerprint density at radius 1 is 1.00 bits per heavy atom. The number of rotatable bonds is 4. The first kappa shape index (κ1) is 18.8. The first-order valence-electron chi connectivity index (χ1n) is 9.62. The van der Waals surface area contributed by atoms with Gasteiger partial charge in [-0.2, -0.15) is 4.98 Å². The van der Waals surface area contributed by atoms with Gasteiger partial charge in [0.25, 0.3) is 6.01 Å². The van der Waals surface area contributed by atoms with Crippen LogP contribution < -0.4 is 20.9 Å². The molecule has 0 saturated carbocycles. The second kappa shape index (κ2) is 8.22. The van der Waals surface area contributed by atoms with Crippen molar-refractivity contribution in [1.82, 2.24) is 10.3 Å². The van der Waals surface area contributed by atoms with Crippen molar-refractivity contribution in [2.75, 3.05) is 35.7 Å². The number of nitrogens with one attached hydrogen (secondary N) is 3. The van der Waals surface area contributed by atoms with Crippen LogP contribution in [0.2, 0.25) is 0 Å². The van der Waals surface area contributed by atoms with E-state index in [1.54, 1.807) is 31.3 Å². The van der Waals surface area contributed by atoms with Crippen LogP contribution in [0.4, 0.5) is 22.2 Å². The number of carbonyl (C=O) groups excluding carboxylic acids is 2. The zero-order valence-electron chi connectivity index (χ0n) is 16.1. The molecule has 8 heteroatoms. The summed E-state index contributed by atoms with van der Waals surface area (Å²) in [5.74, 6) is -0.0477. The van der Waals surface area contributed by atoms with E-state index in [1.807, 2.05) is 24.3 Å². The number of hydrogen-bond donors (Lipinski definition) is 3. The van der Waals surface area contributed by atoms with E-state index in [1.165, 1.54) is 0 Å². The zero-order chi connectivity index (χ0) is 20.2. The van der Waals surface area contributed by atoms with Gasteiger partial charge in [0.15, 0.2) is 5.58 Å². The number of urea groups is 1. The van der Waals surface area contributed by atoms with Crippen LogP contribution in [-0.2, 0) is 4.79 Å². The fourth-order valence-electron chi connectivity index (χ4n) is 3.40. The molecule has 0 unspecified atom stereocenters. The van der Waals surface area contributed by atoms with E-state index in [-0.39, 0.29) is 17.9 Å². The van der Waals surface area contributed by atoms with Crippen LogP contribution >= 0.6 is 0 Å². The molecule has 0 atom stereocenters. The second-order valence-corrected chi connectivity index (χ2v) is 7.00. The van der Waals surface area contributed by atoms with E-state index in [9.17, 15) is 9.59 Å². The van der Waals surface area contributed by atoms with E-state index >= 15 is 0 Å². The van der Waals surface area contributed by atoms with Crippen LogP contribution in [0, 0.1) is 5.92 Å². The molecule has 2 heterocycles. The lowest BCUT2D eigenvalue weighted by Crippen LogP contribution is -2.38. The lowest BCUT2D eigenvalue weighted by Gasteiger charge is -2.30. The Morgan fingerprint density at radius 3 is 2.31 bits per heavy atom. The maximum atomic E-state index is 12.6. The van der Waals surface area contributed by atoms with Gasteiger partial charge in [-0.25, -0.2) is 4.79 Å². The van der Waals surface area contributed by atoms with E-state index in [4.69, 9.17) is 4.42 Å². The molecule has 4 rings (SSSR count). The summed E-state index contributed by atoms with van der Waals surface area (Å²) < 4.78 is 5.83. The average molecular weight is 393 g/mol. The van der Waals surface area contributed by atoms with Crippen LogP contribution in [0.3, 0.4) is 0 Å². The molecule has 8 nitrogen and oxygen atoms in total. The molecule has 2 aromatic carbocycles. The lowest BCUT2D eigenvalue weighted by atomic mass is 9.96. The molecule has 3 aromatic rings. The van der Waals surface area contributed by atoms with Crippen LogP contribution in [0.25, 0.3) is 11.1 Å². The van der Waals surface area contributed by atoms with Crippen LogP contribution in [0.1, 0.15) is 12.8 Å². The number of para-hydroxylation sites is 2. The number of aromatic nitrogens is 1.